The van der Waals surface area contributed by atoms with Crippen LogP contribution in [-0.2, 0) is 27.0 Å². The Morgan fingerprint density at radius 1 is 1.30 bits per heavy atom. The van der Waals surface area contributed by atoms with Crippen molar-refractivity contribution in [2.24, 2.45) is 5.92 Å². The number of amides is 1. The summed E-state index contributed by atoms with van der Waals surface area (Å²) in [6, 6.07) is 6.17. The molecule has 6 nitrogen and oxygen atoms in total. The Labute approximate surface area is 153 Å². The van der Waals surface area contributed by atoms with Crippen LogP contribution >= 0.6 is 0 Å². The zero-order valence-corrected chi connectivity index (χ0v) is 14.8. The van der Waals surface area contributed by atoms with Crippen LogP contribution in [-0.4, -0.2) is 46.0 Å². The number of piperidine rings is 1. The van der Waals surface area contributed by atoms with E-state index in [1.165, 1.54) is 17.0 Å². The number of hydrogen-bond donors (Lipinski definition) is 0. The number of nitrogens with zero attached hydrogens (tertiary/aromatic N) is 3. The molecular formula is C18H20F3N3O3. The van der Waals surface area contributed by atoms with Gasteiger partial charge in [-0.25, -0.2) is 4.98 Å². The second-order valence-electron chi connectivity index (χ2n) is 6.44. The van der Waals surface area contributed by atoms with E-state index in [-0.39, 0.29) is 30.2 Å². The lowest BCUT2D eigenvalue weighted by Crippen LogP contribution is -2.44. The average molecular weight is 383 g/mol. The second-order valence-corrected chi connectivity index (χ2v) is 6.44. The van der Waals surface area contributed by atoms with E-state index in [0.717, 1.165) is 4.57 Å². The fraction of sp³-hybridized carbons (Fsp3) is 0.500. The second kappa shape index (κ2) is 7.58. The lowest BCUT2D eigenvalue weighted by molar-refractivity contribution is -0.151. The van der Waals surface area contributed by atoms with Gasteiger partial charge in [-0.1, -0.05) is 12.1 Å². The number of fused-ring (bicyclic) bond motifs is 1. The zero-order valence-electron chi connectivity index (χ0n) is 14.8. The fourth-order valence-corrected chi connectivity index (χ4v) is 3.34. The number of imidazole rings is 1. The molecule has 1 unspecified atom stereocenters. The SMILES string of the molecule is CCOC(=O)C1CCCN(C(=O)Cn2c(C(F)(F)F)nc3ccccc32)C1. The lowest BCUT2D eigenvalue weighted by atomic mass is 9.98. The van der Waals surface area contributed by atoms with Gasteiger partial charge in [-0.3, -0.25) is 9.59 Å². The van der Waals surface area contributed by atoms with Crippen molar-refractivity contribution in [1.82, 2.24) is 14.5 Å². The van der Waals surface area contributed by atoms with E-state index in [0.29, 0.717) is 19.4 Å². The van der Waals surface area contributed by atoms with Crippen molar-refractivity contribution in [2.45, 2.75) is 32.5 Å². The van der Waals surface area contributed by atoms with Crippen LogP contribution in [0, 0.1) is 5.92 Å². The number of aromatic nitrogens is 2. The van der Waals surface area contributed by atoms with E-state index in [4.69, 9.17) is 4.74 Å². The smallest absolute Gasteiger partial charge is 0.449 e. The van der Waals surface area contributed by atoms with Crippen LogP contribution < -0.4 is 0 Å². The van der Waals surface area contributed by atoms with E-state index >= 15 is 0 Å². The topological polar surface area (TPSA) is 64.4 Å². The highest BCUT2D eigenvalue weighted by molar-refractivity contribution is 5.82. The maximum absolute atomic E-state index is 13.4. The first-order valence-corrected chi connectivity index (χ1v) is 8.78. The minimum Gasteiger partial charge on any atom is -0.466 e. The van der Waals surface area contributed by atoms with Gasteiger partial charge in [0.25, 0.3) is 0 Å². The number of benzene rings is 1. The molecule has 1 atom stereocenters. The molecule has 0 spiro atoms. The molecule has 27 heavy (non-hydrogen) atoms. The van der Waals surface area contributed by atoms with Gasteiger partial charge in [0.2, 0.25) is 11.7 Å². The van der Waals surface area contributed by atoms with Gasteiger partial charge in [-0.15, -0.1) is 0 Å². The third-order valence-corrected chi connectivity index (χ3v) is 4.60. The van der Waals surface area contributed by atoms with Crippen molar-refractivity contribution in [3.8, 4) is 0 Å². The Bertz CT molecular complexity index is 847. The van der Waals surface area contributed by atoms with Gasteiger partial charge in [0, 0.05) is 13.1 Å². The maximum Gasteiger partial charge on any atom is 0.449 e. The first-order valence-electron chi connectivity index (χ1n) is 8.78. The number of likely N-dealkylation sites (tertiary alicyclic amines) is 1. The van der Waals surface area contributed by atoms with Crippen LogP contribution in [0.4, 0.5) is 13.2 Å². The number of rotatable bonds is 4. The summed E-state index contributed by atoms with van der Waals surface area (Å²) in [5, 5.41) is 0. The molecule has 0 aliphatic carbocycles. The standard InChI is InChI=1S/C18H20F3N3O3/c1-2-27-16(26)12-6-5-9-23(10-12)15(25)11-24-14-8-4-3-7-13(14)22-17(24)18(19,20)21/h3-4,7-8,12H,2,5-6,9-11H2,1H3. The van der Waals surface area contributed by atoms with Crippen LogP contribution in [0.5, 0.6) is 0 Å². The Morgan fingerprint density at radius 3 is 2.74 bits per heavy atom. The molecule has 2 aromatic rings. The molecule has 1 aliphatic rings. The Balaban J connectivity index is 1.82. The molecule has 1 amide bonds. The number of alkyl halides is 3. The van der Waals surface area contributed by atoms with E-state index < -0.39 is 30.4 Å². The summed E-state index contributed by atoms with van der Waals surface area (Å²) in [6.07, 6.45) is -3.47. The Kier molecular flexibility index (Phi) is 5.38. The minimum atomic E-state index is -4.67. The highest BCUT2D eigenvalue weighted by atomic mass is 19.4. The average Bonchev–Trinajstić information content (AvgIpc) is 3.01. The van der Waals surface area contributed by atoms with Gasteiger partial charge >= 0.3 is 12.1 Å². The summed E-state index contributed by atoms with van der Waals surface area (Å²) in [6.45, 7) is 2.03. The van der Waals surface area contributed by atoms with Crippen LogP contribution in [0.15, 0.2) is 24.3 Å². The van der Waals surface area contributed by atoms with E-state index in [1.54, 1.807) is 19.1 Å². The van der Waals surface area contributed by atoms with Crippen molar-refractivity contribution in [3.05, 3.63) is 30.1 Å². The molecule has 1 saturated heterocycles. The van der Waals surface area contributed by atoms with E-state index in [2.05, 4.69) is 4.98 Å². The Morgan fingerprint density at radius 2 is 2.04 bits per heavy atom. The number of carbonyl (C=O) groups is 2. The van der Waals surface area contributed by atoms with Crippen LogP contribution in [0.2, 0.25) is 0 Å². The molecule has 0 N–H and O–H groups in total. The molecule has 146 valence electrons. The summed E-state index contributed by atoms with van der Waals surface area (Å²) in [5.41, 5.74) is 0.429. The summed E-state index contributed by atoms with van der Waals surface area (Å²) >= 11 is 0. The van der Waals surface area contributed by atoms with Gasteiger partial charge in [0.15, 0.2) is 0 Å². The maximum atomic E-state index is 13.4. The molecule has 1 aromatic heterocycles. The third-order valence-electron chi connectivity index (χ3n) is 4.60. The van der Waals surface area contributed by atoms with E-state index in [9.17, 15) is 22.8 Å². The van der Waals surface area contributed by atoms with Gasteiger partial charge in [-0.05, 0) is 31.9 Å². The van der Waals surface area contributed by atoms with Crippen molar-refractivity contribution in [2.75, 3.05) is 19.7 Å². The molecule has 1 aromatic carbocycles. The first-order chi connectivity index (χ1) is 12.8. The predicted molar refractivity (Wildman–Crippen MR) is 90.7 cm³/mol. The lowest BCUT2D eigenvalue weighted by Gasteiger charge is -2.31. The molecular weight excluding hydrogens is 363 g/mol. The van der Waals surface area contributed by atoms with Gasteiger partial charge in [0.1, 0.15) is 6.54 Å². The van der Waals surface area contributed by atoms with E-state index in [1.807, 2.05) is 0 Å². The van der Waals surface area contributed by atoms with Crippen LogP contribution in [0.3, 0.4) is 0 Å². The van der Waals surface area contributed by atoms with Crippen molar-refractivity contribution >= 4 is 22.9 Å². The minimum absolute atomic E-state index is 0.158. The predicted octanol–water partition coefficient (Wildman–Crippen LogP) is 2.86. The molecule has 0 radical (unpaired) electrons. The largest absolute Gasteiger partial charge is 0.466 e. The molecule has 3 rings (SSSR count). The highest BCUT2D eigenvalue weighted by Gasteiger charge is 2.38. The number of carbonyl (C=O) groups excluding carboxylic acids is 2. The first kappa shape index (κ1) is 19.2. The molecule has 2 heterocycles. The number of esters is 1. The monoisotopic (exact) mass is 383 g/mol. The number of hydrogen-bond acceptors (Lipinski definition) is 4. The number of para-hydroxylation sites is 2. The van der Waals surface area contributed by atoms with Crippen molar-refractivity contribution in [1.29, 1.82) is 0 Å². The number of halogens is 3. The van der Waals surface area contributed by atoms with Gasteiger partial charge < -0.3 is 14.2 Å². The molecule has 0 bridgehead atoms. The third kappa shape index (κ3) is 4.06. The van der Waals surface area contributed by atoms with Crippen LogP contribution in [0.25, 0.3) is 11.0 Å². The molecule has 1 aliphatic heterocycles. The molecule has 1 fully saturated rings. The highest BCUT2D eigenvalue weighted by Crippen LogP contribution is 2.31. The Hall–Kier alpha value is -2.58. The molecule has 0 saturated carbocycles. The normalized spacial score (nSPS) is 17.9. The van der Waals surface area contributed by atoms with Crippen molar-refractivity contribution in [3.63, 3.8) is 0 Å². The van der Waals surface area contributed by atoms with Gasteiger partial charge in [-0.2, -0.15) is 13.2 Å². The summed E-state index contributed by atoms with van der Waals surface area (Å²) in [5.74, 6) is -2.39. The fourth-order valence-electron chi connectivity index (χ4n) is 3.34. The van der Waals surface area contributed by atoms with Crippen LogP contribution in [0.1, 0.15) is 25.6 Å². The van der Waals surface area contributed by atoms with Crippen molar-refractivity contribution < 1.29 is 27.5 Å². The number of ether oxygens (including phenoxy) is 1. The quantitative estimate of drug-likeness (QED) is 0.762. The summed E-state index contributed by atoms with van der Waals surface area (Å²) in [4.78, 5) is 29.7. The summed E-state index contributed by atoms with van der Waals surface area (Å²) < 4.78 is 46.0. The molecule has 9 heteroatoms. The zero-order chi connectivity index (χ0) is 19.6. The van der Waals surface area contributed by atoms with Gasteiger partial charge in [0.05, 0.1) is 23.6 Å². The summed E-state index contributed by atoms with van der Waals surface area (Å²) in [7, 11) is 0.